The average Bonchev–Trinajstić information content (AvgIpc) is 3.11. The summed E-state index contributed by atoms with van der Waals surface area (Å²) in [5.41, 5.74) is 0. The predicted octanol–water partition coefficient (Wildman–Crippen LogP) is 6.13. The second kappa shape index (κ2) is 29.7. The molecule has 0 spiro atoms. The molecule has 1 saturated carbocycles. The molecule has 1 aliphatic carbocycles. The number of carbonyl (C=O) groups is 1. The van der Waals surface area contributed by atoms with Crippen LogP contribution in [0.2, 0.25) is 0 Å². The highest BCUT2D eigenvalue weighted by Crippen LogP contribution is 2.47. The van der Waals surface area contributed by atoms with Gasteiger partial charge in [-0.2, -0.15) is 0 Å². The van der Waals surface area contributed by atoms with Gasteiger partial charge in [-0.25, -0.2) is 4.57 Å². The maximum Gasteiger partial charge on any atom is 0.472 e. The molecule has 0 radical (unpaired) electrons. The molecule has 6 N–H and O–H groups in total. The fourth-order valence-corrected chi connectivity index (χ4v) is 6.39. The van der Waals surface area contributed by atoms with Gasteiger partial charge in [-0.15, -0.1) is 0 Å². The number of rotatable bonds is 30. The molecule has 6 unspecified atom stereocenters. The van der Waals surface area contributed by atoms with Crippen molar-refractivity contribution in [3.05, 3.63) is 48.6 Å². The Kier molecular flexibility index (Phi) is 27.6. The first kappa shape index (κ1) is 47.3. The molecule has 0 heterocycles. The van der Waals surface area contributed by atoms with E-state index in [2.05, 4.69) is 62.5 Å². The minimum absolute atomic E-state index is 0.115. The van der Waals surface area contributed by atoms with Crippen LogP contribution >= 0.6 is 7.82 Å². The number of hydrogen-bond donors (Lipinski definition) is 6. The van der Waals surface area contributed by atoms with Gasteiger partial charge in [0.2, 0.25) is 0 Å². The van der Waals surface area contributed by atoms with E-state index < -0.39 is 63.1 Å². The van der Waals surface area contributed by atoms with E-state index in [4.69, 9.17) is 18.5 Å². The van der Waals surface area contributed by atoms with Crippen LogP contribution in [0, 0.1) is 0 Å². The number of hydrogen-bond acceptors (Lipinski definition) is 11. The Hall–Kier alpha value is -1.70. The van der Waals surface area contributed by atoms with E-state index in [9.17, 15) is 39.8 Å². The molecule has 296 valence electrons. The summed E-state index contributed by atoms with van der Waals surface area (Å²) >= 11 is 0. The van der Waals surface area contributed by atoms with Crippen LogP contribution in [0.1, 0.15) is 123 Å². The molecule has 0 aromatic carbocycles. The average molecular weight is 747 g/mol. The van der Waals surface area contributed by atoms with Gasteiger partial charge in [0.05, 0.1) is 13.2 Å². The van der Waals surface area contributed by atoms with E-state index in [1.807, 2.05) is 0 Å². The van der Waals surface area contributed by atoms with Gasteiger partial charge >= 0.3 is 13.8 Å². The maximum atomic E-state index is 12.7. The molecular formula is C38H67O12P. The fraction of sp³-hybridized carbons (Fsp3) is 0.763. The summed E-state index contributed by atoms with van der Waals surface area (Å²) in [6.07, 6.45) is 20.7. The number of carbonyl (C=O) groups excluding carboxylic acids is 1. The Balaban J connectivity index is 2.53. The number of unbranched alkanes of at least 4 members (excludes halogenated alkanes) is 10. The summed E-state index contributed by atoms with van der Waals surface area (Å²) in [7, 11) is -5.02. The third-order valence-electron chi connectivity index (χ3n) is 8.47. The number of phosphoric ester groups is 1. The standard InChI is InChI=1S/C38H67O12P/c1-3-5-7-9-11-13-15-16-17-18-20-22-24-26-28-47-29-31(49-32(39)27-25-23-21-19-14-12-10-8-6-4-2)30-48-51(45,46)50-38-36(43)34(41)33(40)35(42)37(38)44/h5,7,11,13,16-17,20,22,31,33-38,40-44H,3-4,6,8-10,12,14-15,18-19,21,23-30H2,1-2H3,(H,45,46)/b7-5-,13-11-,17-16-,22-20-. The molecule has 0 aliphatic heterocycles. The Bertz CT molecular complexity index is 1030. The molecule has 0 bridgehead atoms. The van der Waals surface area contributed by atoms with Gasteiger partial charge in [-0.05, 0) is 44.9 Å². The van der Waals surface area contributed by atoms with Crippen LogP contribution in [0.25, 0.3) is 0 Å². The van der Waals surface area contributed by atoms with E-state index in [0.717, 1.165) is 51.4 Å². The monoisotopic (exact) mass is 746 g/mol. The van der Waals surface area contributed by atoms with Crippen molar-refractivity contribution in [2.24, 2.45) is 0 Å². The Morgan fingerprint density at radius 1 is 0.647 bits per heavy atom. The summed E-state index contributed by atoms with van der Waals surface area (Å²) in [5, 5.41) is 49.9. The quantitative estimate of drug-likeness (QED) is 0.0214. The molecular weight excluding hydrogens is 679 g/mol. The Morgan fingerprint density at radius 2 is 1.14 bits per heavy atom. The molecule has 12 nitrogen and oxygen atoms in total. The molecule has 0 aromatic rings. The van der Waals surface area contributed by atoms with Gasteiger partial charge in [0.25, 0.3) is 0 Å². The van der Waals surface area contributed by atoms with Crippen LogP contribution in [0.15, 0.2) is 48.6 Å². The molecule has 1 fully saturated rings. The lowest BCUT2D eigenvalue weighted by Gasteiger charge is -2.41. The van der Waals surface area contributed by atoms with E-state index in [1.165, 1.54) is 38.5 Å². The van der Waals surface area contributed by atoms with Gasteiger partial charge in [0.1, 0.15) is 42.7 Å². The molecule has 13 heteroatoms. The number of phosphoric acid groups is 1. The SMILES string of the molecule is CC/C=C\C/C=C\C/C=C\C/C=C\CCCOCC(COP(=O)(O)OC1C(O)C(O)C(O)C(O)C1O)OC(=O)CCCCCCCCCCCC. The summed E-state index contributed by atoms with van der Waals surface area (Å²) in [6.45, 7) is 3.95. The minimum atomic E-state index is -5.02. The van der Waals surface area contributed by atoms with Crippen molar-refractivity contribution in [2.75, 3.05) is 19.8 Å². The number of esters is 1. The largest absolute Gasteiger partial charge is 0.472 e. The van der Waals surface area contributed by atoms with Gasteiger partial charge in [0, 0.05) is 13.0 Å². The first-order valence-electron chi connectivity index (χ1n) is 19.0. The lowest BCUT2D eigenvalue weighted by Crippen LogP contribution is -2.64. The first-order chi connectivity index (χ1) is 24.5. The topological polar surface area (TPSA) is 192 Å². The number of ether oxygens (including phenoxy) is 2. The third-order valence-corrected chi connectivity index (χ3v) is 9.45. The number of allylic oxidation sites excluding steroid dienone is 8. The Labute approximate surface area is 305 Å². The van der Waals surface area contributed by atoms with Gasteiger partial charge in [0.15, 0.2) is 0 Å². The van der Waals surface area contributed by atoms with Crippen LogP contribution in [-0.2, 0) is 27.9 Å². The van der Waals surface area contributed by atoms with Crippen LogP contribution in [-0.4, -0.2) is 98.9 Å². The highest BCUT2D eigenvalue weighted by molar-refractivity contribution is 7.47. The summed E-state index contributed by atoms with van der Waals surface area (Å²) in [4.78, 5) is 22.9. The van der Waals surface area contributed by atoms with Crippen molar-refractivity contribution in [1.82, 2.24) is 0 Å². The zero-order valence-electron chi connectivity index (χ0n) is 30.9. The van der Waals surface area contributed by atoms with Gasteiger partial charge < -0.3 is 39.9 Å². The zero-order valence-corrected chi connectivity index (χ0v) is 31.8. The van der Waals surface area contributed by atoms with Crippen LogP contribution in [0.5, 0.6) is 0 Å². The minimum Gasteiger partial charge on any atom is -0.457 e. The second-order valence-corrected chi connectivity index (χ2v) is 14.5. The summed E-state index contributed by atoms with van der Waals surface area (Å²) < 4.78 is 33.8. The van der Waals surface area contributed by atoms with Crippen molar-refractivity contribution in [3.8, 4) is 0 Å². The van der Waals surface area contributed by atoms with Crippen molar-refractivity contribution in [2.45, 2.75) is 166 Å². The first-order valence-corrected chi connectivity index (χ1v) is 20.5. The summed E-state index contributed by atoms with van der Waals surface area (Å²) in [6, 6.07) is 0. The van der Waals surface area contributed by atoms with Crippen molar-refractivity contribution < 1.29 is 58.3 Å². The number of aliphatic hydroxyl groups excluding tert-OH is 5. The highest BCUT2D eigenvalue weighted by atomic mass is 31.2. The molecule has 0 amide bonds. The smallest absolute Gasteiger partial charge is 0.457 e. The molecule has 51 heavy (non-hydrogen) atoms. The van der Waals surface area contributed by atoms with Crippen molar-refractivity contribution in [1.29, 1.82) is 0 Å². The van der Waals surface area contributed by atoms with Crippen molar-refractivity contribution >= 4 is 13.8 Å². The second-order valence-electron chi connectivity index (χ2n) is 13.0. The lowest BCUT2D eigenvalue weighted by molar-refractivity contribution is -0.220. The molecule has 0 aromatic heterocycles. The third kappa shape index (κ3) is 22.9. The van der Waals surface area contributed by atoms with E-state index >= 15 is 0 Å². The van der Waals surface area contributed by atoms with Crippen LogP contribution in [0.4, 0.5) is 0 Å². The predicted molar refractivity (Wildman–Crippen MR) is 198 cm³/mol. The fourth-order valence-electron chi connectivity index (χ4n) is 5.42. The highest BCUT2D eigenvalue weighted by Gasteiger charge is 2.51. The zero-order chi connectivity index (χ0) is 37.7. The Morgan fingerprint density at radius 3 is 1.69 bits per heavy atom. The molecule has 1 aliphatic rings. The summed E-state index contributed by atoms with van der Waals surface area (Å²) in [5.74, 6) is -0.501. The molecule has 6 atom stereocenters. The van der Waals surface area contributed by atoms with Crippen LogP contribution in [0.3, 0.4) is 0 Å². The van der Waals surface area contributed by atoms with E-state index in [1.54, 1.807) is 0 Å². The lowest BCUT2D eigenvalue weighted by atomic mass is 9.85. The van der Waals surface area contributed by atoms with Crippen LogP contribution < -0.4 is 0 Å². The van der Waals surface area contributed by atoms with Crippen molar-refractivity contribution in [3.63, 3.8) is 0 Å². The van der Waals surface area contributed by atoms with Gasteiger partial charge in [-0.1, -0.05) is 120 Å². The number of aliphatic hydroxyl groups is 5. The van der Waals surface area contributed by atoms with E-state index in [-0.39, 0.29) is 13.0 Å². The molecule has 1 rings (SSSR count). The normalized spacial score (nSPS) is 24.6. The maximum absolute atomic E-state index is 12.7. The van der Waals surface area contributed by atoms with Gasteiger partial charge in [-0.3, -0.25) is 13.8 Å². The molecule has 0 saturated heterocycles. The van der Waals surface area contributed by atoms with E-state index in [0.29, 0.717) is 19.4 Å².